The number of benzene rings is 1. The van der Waals surface area contributed by atoms with Gasteiger partial charge in [0.1, 0.15) is 0 Å². The number of ether oxygens (including phenoxy) is 2. The first kappa shape index (κ1) is 18.3. The summed E-state index contributed by atoms with van der Waals surface area (Å²) in [7, 11) is -3.69. The van der Waals surface area contributed by atoms with Gasteiger partial charge in [-0.15, -0.1) is 0 Å². The summed E-state index contributed by atoms with van der Waals surface area (Å²) in [4.78, 5) is 12.3. The average Bonchev–Trinajstić information content (AvgIpc) is 2.60. The van der Waals surface area contributed by atoms with Crippen LogP contribution in [-0.4, -0.2) is 52.3 Å². The molecular formula is C17H24N2O5S. The van der Waals surface area contributed by atoms with Crippen molar-refractivity contribution in [3.8, 4) is 0 Å². The highest BCUT2D eigenvalue weighted by molar-refractivity contribution is 7.89. The second kappa shape index (κ2) is 7.82. The van der Waals surface area contributed by atoms with E-state index in [2.05, 4.69) is 10.0 Å². The number of carbonyl (C=O) groups is 1. The van der Waals surface area contributed by atoms with Gasteiger partial charge < -0.3 is 14.8 Å². The molecule has 2 N–H and O–H groups in total. The van der Waals surface area contributed by atoms with Crippen LogP contribution in [0.15, 0.2) is 29.2 Å². The Morgan fingerprint density at radius 1 is 1.20 bits per heavy atom. The number of amides is 1. The maximum absolute atomic E-state index is 12.2. The number of carbonyl (C=O) groups excluding carboxylic acids is 1. The van der Waals surface area contributed by atoms with E-state index in [4.69, 9.17) is 9.47 Å². The molecule has 1 aliphatic carbocycles. The molecule has 0 aromatic heterocycles. The van der Waals surface area contributed by atoms with E-state index in [1.165, 1.54) is 6.07 Å². The largest absolute Gasteiger partial charge is 0.373 e. The highest BCUT2D eigenvalue weighted by Crippen LogP contribution is 2.26. The molecule has 25 heavy (non-hydrogen) atoms. The van der Waals surface area contributed by atoms with Gasteiger partial charge in [0.15, 0.2) is 0 Å². The van der Waals surface area contributed by atoms with Crippen LogP contribution in [0.3, 0.4) is 0 Å². The molecule has 1 saturated carbocycles. The van der Waals surface area contributed by atoms with Crippen LogP contribution < -0.4 is 10.0 Å². The highest BCUT2D eigenvalue weighted by atomic mass is 32.2. The van der Waals surface area contributed by atoms with Gasteiger partial charge in [-0.3, -0.25) is 4.79 Å². The molecule has 7 nitrogen and oxygen atoms in total. The third-order valence-electron chi connectivity index (χ3n) is 4.57. The van der Waals surface area contributed by atoms with Crippen molar-refractivity contribution >= 4 is 15.9 Å². The van der Waals surface area contributed by atoms with Crippen LogP contribution in [0, 0.1) is 6.92 Å². The Morgan fingerprint density at radius 3 is 2.72 bits per heavy atom. The van der Waals surface area contributed by atoms with Crippen molar-refractivity contribution in [2.24, 2.45) is 0 Å². The minimum Gasteiger partial charge on any atom is -0.373 e. The van der Waals surface area contributed by atoms with Crippen molar-refractivity contribution < 1.29 is 22.7 Å². The zero-order valence-electron chi connectivity index (χ0n) is 14.2. The van der Waals surface area contributed by atoms with Crippen LogP contribution in [0.4, 0.5) is 0 Å². The first-order valence-electron chi connectivity index (χ1n) is 8.53. The number of hydrogen-bond donors (Lipinski definition) is 2. The quantitative estimate of drug-likeness (QED) is 0.799. The Hall–Kier alpha value is -1.48. The van der Waals surface area contributed by atoms with E-state index in [9.17, 15) is 13.2 Å². The molecule has 0 bridgehead atoms. The first-order valence-corrected chi connectivity index (χ1v) is 10.0. The molecule has 3 unspecified atom stereocenters. The molecule has 3 atom stereocenters. The molecule has 1 heterocycles. The molecule has 1 aliphatic heterocycles. The zero-order chi connectivity index (χ0) is 17.9. The summed E-state index contributed by atoms with van der Waals surface area (Å²) in [6, 6.07) is 6.56. The fourth-order valence-electron chi connectivity index (χ4n) is 3.30. The smallest absolute Gasteiger partial charge is 0.241 e. The summed E-state index contributed by atoms with van der Waals surface area (Å²) < 4.78 is 38.2. The van der Waals surface area contributed by atoms with Gasteiger partial charge in [-0.2, -0.15) is 0 Å². The Labute approximate surface area is 148 Å². The second-order valence-corrected chi connectivity index (χ2v) is 8.30. The van der Waals surface area contributed by atoms with Crippen LogP contribution in [0.5, 0.6) is 0 Å². The van der Waals surface area contributed by atoms with Gasteiger partial charge in [-0.05, 0) is 43.9 Å². The number of sulfonamides is 1. The van der Waals surface area contributed by atoms with Crippen LogP contribution in [0.25, 0.3) is 0 Å². The lowest BCUT2D eigenvalue weighted by atomic mass is 9.89. The summed E-state index contributed by atoms with van der Waals surface area (Å²) >= 11 is 0. The van der Waals surface area contributed by atoms with Crippen LogP contribution >= 0.6 is 0 Å². The van der Waals surface area contributed by atoms with E-state index < -0.39 is 10.0 Å². The van der Waals surface area contributed by atoms with Crippen molar-refractivity contribution in [3.63, 3.8) is 0 Å². The summed E-state index contributed by atoms with van der Waals surface area (Å²) in [6.45, 7) is 2.74. The van der Waals surface area contributed by atoms with Gasteiger partial charge in [0.2, 0.25) is 15.9 Å². The number of nitrogens with one attached hydrogen (secondary N) is 2. The number of fused-ring (bicyclic) bond motifs is 1. The second-order valence-electron chi connectivity index (χ2n) is 6.54. The monoisotopic (exact) mass is 368 g/mol. The van der Waals surface area contributed by atoms with E-state index in [-0.39, 0.29) is 35.6 Å². The van der Waals surface area contributed by atoms with Crippen molar-refractivity contribution in [1.29, 1.82) is 0 Å². The van der Waals surface area contributed by atoms with Crippen LogP contribution in [-0.2, 0) is 24.3 Å². The normalized spacial score (nSPS) is 26.7. The standard InChI is InChI=1S/C17H24N2O5S/c1-12-3-2-4-14(9-12)25(21,22)18-11-17(20)19-13-5-6-15-16(10-13)24-8-7-23-15/h2-4,9,13,15-16,18H,5-8,10-11H2,1H3,(H,19,20). The first-order chi connectivity index (χ1) is 11.9. The Kier molecular flexibility index (Phi) is 5.73. The molecule has 0 radical (unpaired) electrons. The van der Waals surface area contributed by atoms with E-state index in [0.717, 1.165) is 18.4 Å². The van der Waals surface area contributed by atoms with Crippen LogP contribution in [0.1, 0.15) is 24.8 Å². The van der Waals surface area contributed by atoms with Crippen molar-refractivity contribution in [3.05, 3.63) is 29.8 Å². The number of aryl methyl sites for hydroxylation is 1. The van der Waals surface area contributed by atoms with E-state index in [1.807, 2.05) is 13.0 Å². The lowest BCUT2D eigenvalue weighted by Gasteiger charge is -2.39. The van der Waals surface area contributed by atoms with E-state index in [0.29, 0.717) is 19.6 Å². The van der Waals surface area contributed by atoms with E-state index >= 15 is 0 Å². The van der Waals surface area contributed by atoms with Crippen molar-refractivity contribution in [1.82, 2.24) is 10.0 Å². The molecule has 3 rings (SSSR count). The summed E-state index contributed by atoms with van der Waals surface area (Å²) in [5.74, 6) is -0.337. The third kappa shape index (κ3) is 4.78. The number of rotatable bonds is 5. The predicted molar refractivity (Wildman–Crippen MR) is 91.6 cm³/mol. The summed E-state index contributed by atoms with van der Waals surface area (Å²) in [6.07, 6.45) is 2.46. The molecular weight excluding hydrogens is 344 g/mol. The topological polar surface area (TPSA) is 93.7 Å². The van der Waals surface area contributed by atoms with Crippen molar-refractivity contribution in [2.45, 2.75) is 49.3 Å². The third-order valence-corrected chi connectivity index (χ3v) is 5.96. The van der Waals surface area contributed by atoms with Gasteiger partial charge >= 0.3 is 0 Å². The molecule has 0 spiro atoms. The molecule has 1 amide bonds. The minimum absolute atomic E-state index is 0.0109. The molecule has 1 saturated heterocycles. The summed E-state index contributed by atoms with van der Waals surface area (Å²) in [5, 5.41) is 2.89. The lowest BCUT2D eigenvalue weighted by Crippen LogP contribution is -2.50. The Bertz CT molecular complexity index is 722. The minimum atomic E-state index is -3.69. The molecule has 138 valence electrons. The SMILES string of the molecule is Cc1cccc(S(=O)(=O)NCC(=O)NC2CCC3OCCOC3C2)c1. The van der Waals surface area contributed by atoms with Crippen molar-refractivity contribution in [2.75, 3.05) is 19.8 Å². The summed E-state index contributed by atoms with van der Waals surface area (Å²) in [5.41, 5.74) is 0.846. The fourth-order valence-corrected chi connectivity index (χ4v) is 4.39. The van der Waals surface area contributed by atoms with Gasteiger partial charge in [-0.1, -0.05) is 12.1 Å². The fraction of sp³-hybridized carbons (Fsp3) is 0.588. The Morgan fingerprint density at radius 2 is 1.96 bits per heavy atom. The molecule has 1 aromatic carbocycles. The van der Waals surface area contributed by atoms with Gasteiger partial charge in [0.25, 0.3) is 0 Å². The lowest BCUT2D eigenvalue weighted by molar-refractivity contribution is -0.158. The van der Waals surface area contributed by atoms with E-state index in [1.54, 1.807) is 12.1 Å². The average molecular weight is 368 g/mol. The molecule has 1 aromatic rings. The number of hydrogen-bond acceptors (Lipinski definition) is 5. The Balaban J connectivity index is 1.49. The molecule has 8 heteroatoms. The molecule has 2 aliphatic rings. The molecule has 2 fully saturated rings. The highest BCUT2D eigenvalue weighted by Gasteiger charge is 2.34. The van der Waals surface area contributed by atoms with Gasteiger partial charge in [0.05, 0.1) is 36.9 Å². The maximum atomic E-state index is 12.2. The zero-order valence-corrected chi connectivity index (χ0v) is 15.1. The predicted octanol–water partition coefficient (Wildman–Crippen LogP) is 0.726. The van der Waals surface area contributed by atoms with Gasteiger partial charge in [0, 0.05) is 6.04 Å². The maximum Gasteiger partial charge on any atom is 0.241 e. The van der Waals surface area contributed by atoms with Crippen LogP contribution in [0.2, 0.25) is 0 Å². The van der Waals surface area contributed by atoms with Gasteiger partial charge in [-0.25, -0.2) is 13.1 Å².